The Balaban J connectivity index is 1.26. The van der Waals surface area contributed by atoms with Crippen LogP contribution in [0.2, 0.25) is 0 Å². The van der Waals surface area contributed by atoms with E-state index in [4.69, 9.17) is 4.74 Å². The molecule has 0 spiro atoms. The molecule has 38 heavy (non-hydrogen) atoms. The second kappa shape index (κ2) is 9.87. The largest absolute Gasteiger partial charge is 0.377 e. The predicted octanol–water partition coefficient (Wildman–Crippen LogP) is 2.99. The molecular formula is C27H24N8O3. The average Bonchev–Trinajstić information content (AvgIpc) is 3.57. The Morgan fingerprint density at radius 1 is 1.05 bits per heavy atom. The van der Waals surface area contributed by atoms with Crippen LogP contribution in [0, 0.1) is 0 Å². The van der Waals surface area contributed by atoms with Gasteiger partial charge in [-0.1, -0.05) is 36.4 Å². The minimum Gasteiger partial charge on any atom is -0.377 e. The molecule has 0 bridgehead atoms. The molecule has 4 aromatic heterocycles. The van der Waals surface area contributed by atoms with Crippen LogP contribution in [0.25, 0.3) is 17.0 Å². The van der Waals surface area contributed by atoms with Gasteiger partial charge in [0, 0.05) is 37.7 Å². The van der Waals surface area contributed by atoms with E-state index in [2.05, 4.69) is 25.4 Å². The van der Waals surface area contributed by atoms with E-state index in [9.17, 15) is 9.59 Å². The van der Waals surface area contributed by atoms with Crippen molar-refractivity contribution in [1.82, 2.24) is 34.0 Å². The fraction of sp³-hybridized carbons (Fsp3) is 0.185. The summed E-state index contributed by atoms with van der Waals surface area (Å²) in [6.07, 6.45) is 6.75. The maximum absolute atomic E-state index is 13.7. The van der Waals surface area contributed by atoms with Crippen molar-refractivity contribution in [3.8, 4) is 11.3 Å². The average molecular weight is 509 g/mol. The molecule has 1 aliphatic rings. The number of aryl methyl sites for hydroxylation is 1. The Morgan fingerprint density at radius 2 is 1.89 bits per heavy atom. The van der Waals surface area contributed by atoms with Crippen LogP contribution in [0.5, 0.6) is 0 Å². The van der Waals surface area contributed by atoms with Gasteiger partial charge in [-0.15, -0.1) is 0 Å². The third kappa shape index (κ3) is 4.39. The number of morpholine rings is 1. The monoisotopic (exact) mass is 508 g/mol. The van der Waals surface area contributed by atoms with Gasteiger partial charge in [-0.2, -0.15) is 10.1 Å². The van der Waals surface area contributed by atoms with Crippen LogP contribution < -0.4 is 5.32 Å². The Kier molecular flexibility index (Phi) is 6.10. The number of aromatic nitrogens is 6. The van der Waals surface area contributed by atoms with Crippen molar-refractivity contribution in [1.29, 1.82) is 0 Å². The third-order valence-electron chi connectivity index (χ3n) is 6.44. The number of carbonyl (C=O) groups excluding carboxylic acids is 2. The molecule has 5 aromatic rings. The van der Waals surface area contributed by atoms with Gasteiger partial charge in [0.15, 0.2) is 0 Å². The quantitative estimate of drug-likeness (QED) is 0.388. The molecule has 1 aliphatic heterocycles. The Bertz CT molecular complexity index is 1610. The van der Waals surface area contributed by atoms with Crippen molar-refractivity contribution >= 4 is 23.4 Å². The molecule has 1 saturated heterocycles. The highest BCUT2D eigenvalue weighted by molar-refractivity contribution is 6.10. The van der Waals surface area contributed by atoms with Crippen LogP contribution in [-0.4, -0.2) is 65.6 Å². The van der Waals surface area contributed by atoms with Crippen molar-refractivity contribution in [3.63, 3.8) is 0 Å². The van der Waals surface area contributed by atoms with Gasteiger partial charge in [0.2, 0.25) is 5.78 Å². The molecule has 11 heteroatoms. The van der Waals surface area contributed by atoms with E-state index < -0.39 is 5.91 Å². The number of imidazole rings is 1. The summed E-state index contributed by atoms with van der Waals surface area (Å²) in [5.41, 5.74) is 2.79. The molecule has 5 heterocycles. The summed E-state index contributed by atoms with van der Waals surface area (Å²) in [5.74, 6) is -0.0615. The van der Waals surface area contributed by atoms with Gasteiger partial charge in [0.05, 0.1) is 42.4 Å². The van der Waals surface area contributed by atoms with Crippen molar-refractivity contribution in [2.24, 2.45) is 7.05 Å². The molecular weight excluding hydrogens is 484 g/mol. The number of amides is 2. The molecule has 0 aliphatic carbocycles. The molecule has 0 radical (unpaired) electrons. The van der Waals surface area contributed by atoms with Crippen molar-refractivity contribution in [2.75, 3.05) is 25.1 Å². The number of nitrogens with zero attached hydrogens (tertiary/aromatic N) is 7. The minimum atomic E-state index is -0.498. The first-order valence-electron chi connectivity index (χ1n) is 12.1. The zero-order valence-corrected chi connectivity index (χ0v) is 20.6. The summed E-state index contributed by atoms with van der Waals surface area (Å²) in [6, 6.07) is 16.6. The first-order valence-corrected chi connectivity index (χ1v) is 12.1. The van der Waals surface area contributed by atoms with E-state index in [1.54, 1.807) is 34.8 Å². The zero-order chi connectivity index (χ0) is 26.1. The highest BCUT2D eigenvalue weighted by Crippen LogP contribution is 2.26. The summed E-state index contributed by atoms with van der Waals surface area (Å²) >= 11 is 0. The number of ether oxygens (including phenoxy) is 1. The second-order valence-corrected chi connectivity index (χ2v) is 8.84. The van der Waals surface area contributed by atoms with Gasteiger partial charge in [-0.25, -0.2) is 4.98 Å². The lowest BCUT2D eigenvalue weighted by Crippen LogP contribution is -2.44. The number of fused-ring (bicyclic) bond motifs is 1. The number of anilines is 1. The first-order chi connectivity index (χ1) is 18.6. The van der Waals surface area contributed by atoms with E-state index in [-0.39, 0.29) is 23.2 Å². The Labute approximate surface area is 217 Å². The number of rotatable bonds is 5. The maximum Gasteiger partial charge on any atom is 0.275 e. The molecule has 190 valence electrons. The topological polar surface area (TPSA) is 120 Å². The molecule has 6 rings (SSSR count). The van der Waals surface area contributed by atoms with Gasteiger partial charge < -0.3 is 15.0 Å². The molecule has 1 N–H and O–H groups in total. The van der Waals surface area contributed by atoms with E-state index in [1.807, 2.05) is 54.7 Å². The number of hydrogen-bond donors (Lipinski definition) is 1. The lowest BCUT2D eigenvalue weighted by atomic mass is 10.1. The second-order valence-electron chi connectivity index (χ2n) is 8.84. The van der Waals surface area contributed by atoms with E-state index >= 15 is 0 Å². The van der Waals surface area contributed by atoms with Gasteiger partial charge in [0.25, 0.3) is 11.8 Å². The highest BCUT2D eigenvalue weighted by Gasteiger charge is 2.33. The molecule has 1 unspecified atom stereocenters. The van der Waals surface area contributed by atoms with Crippen molar-refractivity contribution < 1.29 is 14.3 Å². The summed E-state index contributed by atoms with van der Waals surface area (Å²) in [4.78, 5) is 42.2. The van der Waals surface area contributed by atoms with Crippen LogP contribution in [0.15, 0.2) is 79.4 Å². The first kappa shape index (κ1) is 23.5. The van der Waals surface area contributed by atoms with E-state index in [1.165, 1.54) is 10.9 Å². The Morgan fingerprint density at radius 3 is 2.71 bits per heavy atom. The van der Waals surface area contributed by atoms with Crippen LogP contribution in [0.1, 0.15) is 32.6 Å². The van der Waals surface area contributed by atoms with Crippen LogP contribution in [0.4, 0.5) is 5.82 Å². The lowest BCUT2D eigenvalue weighted by Gasteiger charge is -2.35. The van der Waals surface area contributed by atoms with Crippen molar-refractivity contribution in [3.05, 3.63) is 96.3 Å². The fourth-order valence-corrected chi connectivity index (χ4v) is 4.55. The number of nitrogens with one attached hydrogen (secondary N) is 1. The highest BCUT2D eigenvalue weighted by atomic mass is 16.5. The summed E-state index contributed by atoms with van der Waals surface area (Å²) < 4.78 is 8.80. The summed E-state index contributed by atoms with van der Waals surface area (Å²) in [7, 11) is 1.62. The maximum atomic E-state index is 13.7. The number of hydrogen-bond acceptors (Lipinski definition) is 7. The summed E-state index contributed by atoms with van der Waals surface area (Å²) in [5, 5.41) is 7.00. The van der Waals surface area contributed by atoms with E-state index in [0.29, 0.717) is 31.4 Å². The normalized spacial score (nSPS) is 15.5. The van der Waals surface area contributed by atoms with Gasteiger partial charge in [0.1, 0.15) is 11.5 Å². The van der Waals surface area contributed by atoms with Crippen LogP contribution >= 0.6 is 0 Å². The van der Waals surface area contributed by atoms with Crippen LogP contribution in [0.3, 0.4) is 0 Å². The number of carbonyl (C=O) groups is 2. The number of benzene rings is 1. The fourth-order valence-electron chi connectivity index (χ4n) is 4.55. The van der Waals surface area contributed by atoms with Crippen LogP contribution in [-0.2, 0) is 11.8 Å². The lowest BCUT2D eigenvalue weighted by molar-refractivity contribution is -0.00396. The SMILES string of the molecule is Cn1ncc(C(=O)N2CCOCC2c2ccccn2)c1C(=O)Nc1ccn2cc(-c3ccccc3)nc2n1. The molecule has 11 nitrogen and oxygen atoms in total. The molecule has 1 atom stereocenters. The smallest absolute Gasteiger partial charge is 0.275 e. The Hall–Kier alpha value is -4.90. The molecule has 1 aromatic carbocycles. The molecule has 0 saturated carbocycles. The van der Waals surface area contributed by atoms with Gasteiger partial charge >= 0.3 is 0 Å². The number of pyridine rings is 1. The van der Waals surface area contributed by atoms with Crippen molar-refractivity contribution in [2.45, 2.75) is 6.04 Å². The van der Waals surface area contributed by atoms with Gasteiger partial charge in [-0.05, 0) is 18.2 Å². The molecule has 2 amide bonds. The van der Waals surface area contributed by atoms with Gasteiger partial charge in [-0.3, -0.25) is 23.7 Å². The predicted molar refractivity (Wildman–Crippen MR) is 138 cm³/mol. The third-order valence-corrected chi connectivity index (χ3v) is 6.44. The molecule has 1 fully saturated rings. The summed E-state index contributed by atoms with van der Waals surface area (Å²) in [6.45, 7) is 1.09. The van der Waals surface area contributed by atoms with E-state index in [0.717, 1.165) is 17.0 Å². The zero-order valence-electron chi connectivity index (χ0n) is 20.6. The standard InChI is InChI=1S/C27H24N8O3/c1-33-24(19(15-29-33)26(37)35-13-14-38-17-22(35)20-9-5-6-11-28-20)25(36)31-23-10-12-34-16-21(30-27(34)32-23)18-7-3-2-4-8-18/h2-12,15-16,22H,13-14,17H2,1H3,(H,30,31,32,36). The minimum absolute atomic E-state index is 0.135.